The molecule has 0 spiro atoms. The first-order valence-electron chi connectivity index (χ1n) is 8.17. The molecule has 0 radical (unpaired) electrons. The number of benzene rings is 1. The molecule has 2 rings (SSSR count). The normalized spacial score (nSPS) is 10.8. The van der Waals surface area contributed by atoms with Crippen LogP contribution in [-0.2, 0) is 19.9 Å². The summed E-state index contributed by atoms with van der Waals surface area (Å²) in [4.78, 5) is 20.7. The third-order valence-electron chi connectivity index (χ3n) is 3.82. The fraction of sp³-hybridized carbons (Fsp3) is 0.471. The first kappa shape index (κ1) is 17.1. The molecule has 0 atom stereocenters. The van der Waals surface area contributed by atoms with E-state index in [1.165, 1.54) is 15.7 Å². The molecule has 2 N–H and O–H groups in total. The van der Waals surface area contributed by atoms with Crippen molar-refractivity contribution in [3.8, 4) is 11.4 Å². The zero-order valence-electron chi connectivity index (χ0n) is 14.3. The Morgan fingerprint density at radius 2 is 1.74 bits per heavy atom. The first-order valence-corrected chi connectivity index (χ1v) is 8.17. The smallest absolute Gasteiger partial charge is 0.289 e. The third kappa shape index (κ3) is 3.76. The van der Waals surface area contributed by atoms with E-state index in [9.17, 15) is 4.79 Å². The Bertz CT molecular complexity index is 701. The maximum Gasteiger partial charge on any atom is 0.352 e. The zero-order valence-corrected chi connectivity index (χ0v) is 14.3. The summed E-state index contributed by atoms with van der Waals surface area (Å²) in [5.74, 6) is 0.963. The summed E-state index contributed by atoms with van der Waals surface area (Å²) in [6, 6.07) is 6.23. The molecular formula is C17H25N5O. The highest BCUT2D eigenvalue weighted by Crippen LogP contribution is 2.26. The van der Waals surface area contributed by atoms with Crippen LogP contribution in [-0.4, -0.2) is 21.1 Å². The third-order valence-corrected chi connectivity index (χ3v) is 3.82. The molecule has 124 valence electrons. The molecule has 0 aliphatic carbocycles. The van der Waals surface area contributed by atoms with Crippen LogP contribution in [0.15, 0.2) is 23.0 Å². The number of hydrogen-bond donors (Lipinski definition) is 2. The van der Waals surface area contributed by atoms with Gasteiger partial charge < -0.3 is 0 Å². The average Bonchev–Trinajstić information content (AvgIpc) is 2.57. The lowest BCUT2D eigenvalue weighted by Gasteiger charge is -2.16. The van der Waals surface area contributed by atoms with Gasteiger partial charge in [0.15, 0.2) is 0 Å². The minimum absolute atomic E-state index is 0.310. The SMILES string of the molecule is CCCNNc1nc(-c2c(CC)cccc2CC)n(C)c(=O)n1. The Hall–Kier alpha value is -2.21. The molecule has 0 saturated carbocycles. The van der Waals surface area contributed by atoms with E-state index in [-0.39, 0.29) is 5.69 Å². The number of aryl methyl sites for hydroxylation is 2. The first-order chi connectivity index (χ1) is 11.1. The molecule has 1 aromatic heterocycles. The minimum Gasteiger partial charge on any atom is -0.289 e. The summed E-state index contributed by atoms with van der Waals surface area (Å²) in [6.07, 6.45) is 2.75. The van der Waals surface area contributed by atoms with E-state index in [4.69, 9.17) is 0 Å². The van der Waals surface area contributed by atoms with Crippen molar-refractivity contribution >= 4 is 5.95 Å². The van der Waals surface area contributed by atoms with E-state index in [0.717, 1.165) is 31.4 Å². The molecule has 2 aromatic rings. The molecule has 23 heavy (non-hydrogen) atoms. The highest BCUT2D eigenvalue weighted by atomic mass is 16.1. The number of aromatic nitrogens is 3. The van der Waals surface area contributed by atoms with Crippen LogP contribution in [0.1, 0.15) is 38.3 Å². The highest BCUT2D eigenvalue weighted by Gasteiger charge is 2.15. The largest absolute Gasteiger partial charge is 0.352 e. The Morgan fingerprint density at radius 3 is 2.30 bits per heavy atom. The van der Waals surface area contributed by atoms with Gasteiger partial charge in [-0.05, 0) is 30.4 Å². The quantitative estimate of drug-likeness (QED) is 0.606. The molecular weight excluding hydrogens is 290 g/mol. The number of nitrogens with one attached hydrogen (secondary N) is 2. The molecule has 1 heterocycles. The van der Waals surface area contributed by atoms with E-state index >= 15 is 0 Å². The van der Waals surface area contributed by atoms with Gasteiger partial charge in [-0.15, -0.1) is 0 Å². The van der Waals surface area contributed by atoms with Crippen LogP contribution in [0.5, 0.6) is 0 Å². The molecule has 0 unspecified atom stereocenters. The number of nitrogens with zero attached hydrogens (tertiary/aromatic N) is 3. The Labute approximate surface area is 137 Å². The molecule has 0 amide bonds. The second kappa shape index (κ2) is 7.87. The van der Waals surface area contributed by atoms with E-state index in [1.54, 1.807) is 7.05 Å². The van der Waals surface area contributed by atoms with Crippen molar-refractivity contribution in [3.63, 3.8) is 0 Å². The van der Waals surface area contributed by atoms with E-state index in [1.807, 2.05) is 0 Å². The highest BCUT2D eigenvalue weighted by molar-refractivity contribution is 5.66. The molecule has 1 aromatic carbocycles. The average molecular weight is 315 g/mol. The van der Waals surface area contributed by atoms with E-state index in [0.29, 0.717) is 11.8 Å². The molecule has 6 nitrogen and oxygen atoms in total. The summed E-state index contributed by atoms with van der Waals surface area (Å²) in [5.41, 5.74) is 9.02. The van der Waals surface area contributed by atoms with Crippen LogP contribution in [0.3, 0.4) is 0 Å². The lowest BCUT2D eigenvalue weighted by atomic mass is 9.97. The van der Waals surface area contributed by atoms with Gasteiger partial charge in [0, 0.05) is 19.2 Å². The fourth-order valence-electron chi connectivity index (χ4n) is 2.53. The second-order valence-corrected chi connectivity index (χ2v) is 5.42. The molecule has 0 aliphatic heterocycles. The van der Waals surface area contributed by atoms with Gasteiger partial charge in [-0.1, -0.05) is 39.0 Å². The van der Waals surface area contributed by atoms with Crippen LogP contribution >= 0.6 is 0 Å². The van der Waals surface area contributed by atoms with Crippen molar-refractivity contribution in [2.45, 2.75) is 40.0 Å². The van der Waals surface area contributed by atoms with Crippen molar-refractivity contribution in [2.24, 2.45) is 7.05 Å². The number of hydrazine groups is 1. The van der Waals surface area contributed by atoms with Crippen LogP contribution in [0, 0.1) is 0 Å². The monoisotopic (exact) mass is 315 g/mol. The molecule has 0 fully saturated rings. The van der Waals surface area contributed by atoms with Gasteiger partial charge in [0.25, 0.3) is 0 Å². The number of hydrogen-bond acceptors (Lipinski definition) is 5. The van der Waals surface area contributed by atoms with Gasteiger partial charge in [-0.25, -0.2) is 10.2 Å². The zero-order chi connectivity index (χ0) is 16.8. The summed E-state index contributed by atoms with van der Waals surface area (Å²) >= 11 is 0. The van der Waals surface area contributed by atoms with E-state index in [2.05, 4.69) is 59.8 Å². The predicted molar refractivity (Wildman–Crippen MR) is 93.4 cm³/mol. The summed E-state index contributed by atoms with van der Waals surface area (Å²) in [7, 11) is 1.72. The topological polar surface area (TPSA) is 71.8 Å². The molecule has 0 aliphatic rings. The van der Waals surface area contributed by atoms with Crippen molar-refractivity contribution in [1.29, 1.82) is 0 Å². The van der Waals surface area contributed by atoms with Gasteiger partial charge in [-0.3, -0.25) is 9.99 Å². The van der Waals surface area contributed by atoms with Gasteiger partial charge >= 0.3 is 5.69 Å². The van der Waals surface area contributed by atoms with Crippen LogP contribution < -0.4 is 16.5 Å². The van der Waals surface area contributed by atoms with E-state index < -0.39 is 0 Å². The van der Waals surface area contributed by atoms with Crippen LogP contribution in [0.2, 0.25) is 0 Å². The standard InChI is InChI=1S/C17H25N5O/c1-5-11-18-21-16-19-15(22(4)17(23)20-16)14-12(6-2)9-8-10-13(14)7-3/h8-10,18H,5-7,11H2,1-4H3,(H,20,21,23). The summed E-state index contributed by atoms with van der Waals surface area (Å²) < 4.78 is 1.51. The lowest BCUT2D eigenvalue weighted by molar-refractivity contribution is 0.729. The fourth-order valence-corrected chi connectivity index (χ4v) is 2.53. The number of anilines is 1. The van der Waals surface area contributed by atoms with Crippen molar-refractivity contribution in [2.75, 3.05) is 12.0 Å². The summed E-state index contributed by atoms with van der Waals surface area (Å²) in [6.45, 7) is 7.06. The Balaban J connectivity index is 2.57. The summed E-state index contributed by atoms with van der Waals surface area (Å²) in [5, 5.41) is 0. The molecule has 0 saturated heterocycles. The lowest BCUT2D eigenvalue weighted by Crippen LogP contribution is -2.30. The van der Waals surface area contributed by atoms with Gasteiger partial charge in [0.05, 0.1) is 0 Å². The predicted octanol–water partition coefficient (Wildman–Crippen LogP) is 2.29. The second-order valence-electron chi connectivity index (χ2n) is 5.42. The number of rotatable bonds is 7. The Kier molecular flexibility index (Phi) is 5.87. The maximum atomic E-state index is 12.2. The Morgan fingerprint density at radius 1 is 1.09 bits per heavy atom. The molecule has 0 bridgehead atoms. The van der Waals surface area contributed by atoms with Gasteiger partial charge in [0.2, 0.25) is 5.95 Å². The van der Waals surface area contributed by atoms with Crippen molar-refractivity contribution in [3.05, 3.63) is 39.8 Å². The molecule has 6 heteroatoms. The maximum absolute atomic E-state index is 12.2. The van der Waals surface area contributed by atoms with Gasteiger partial charge in [0.1, 0.15) is 5.82 Å². The van der Waals surface area contributed by atoms with Gasteiger partial charge in [-0.2, -0.15) is 9.97 Å². The minimum atomic E-state index is -0.316. The van der Waals surface area contributed by atoms with Crippen molar-refractivity contribution in [1.82, 2.24) is 20.0 Å². The van der Waals surface area contributed by atoms with Crippen LogP contribution in [0.25, 0.3) is 11.4 Å². The van der Waals surface area contributed by atoms with Crippen molar-refractivity contribution < 1.29 is 0 Å². The van der Waals surface area contributed by atoms with Crippen LogP contribution in [0.4, 0.5) is 5.95 Å².